The molecule has 1 aliphatic rings. The first-order chi connectivity index (χ1) is 8.11. The lowest BCUT2D eigenvalue weighted by Crippen LogP contribution is -2.37. The van der Waals surface area contributed by atoms with Crippen molar-refractivity contribution in [2.45, 2.75) is 4.51 Å². The summed E-state index contributed by atoms with van der Waals surface area (Å²) in [6.07, 6.45) is 0. The summed E-state index contributed by atoms with van der Waals surface area (Å²) in [4.78, 5) is 0. The molecule has 1 atom stereocenters. The van der Waals surface area contributed by atoms with E-state index in [0.717, 1.165) is 0 Å². The SMILES string of the molecule is COc1cc2c(cc1OC)OC(Br)(C#N)CO2. The van der Waals surface area contributed by atoms with Crippen molar-refractivity contribution in [3.05, 3.63) is 12.1 Å². The summed E-state index contributed by atoms with van der Waals surface area (Å²) in [5.41, 5.74) is 0. The van der Waals surface area contributed by atoms with Gasteiger partial charge < -0.3 is 18.9 Å². The monoisotopic (exact) mass is 299 g/mol. The molecule has 6 heteroatoms. The minimum atomic E-state index is -1.15. The van der Waals surface area contributed by atoms with Gasteiger partial charge in [-0.25, -0.2) is 0 Å². The summed E-state index contributed by atoms with van der Waals surface area (Å²) in [6.45, 7) is 0.103. The summed E-state index contributed by atoms with van der Waals surface area (Å²) in [5.74, 6) is 2.03. The number of hydrogen-bond acceptors (Lipinski definition) is 5. The van der Waals surface area contributed by atoms with Crippen LogP contribution in [0.4, 0.5) is 0 Å². The van der Waals surface area contributed by atoms with Crippen LogP contribution in [-0.4, -0.2) is 25.3 Å². The summed E-state index contributed by atoms with van der Waals surface area (Å²) < 4.78 is 20.1. The maximum Gasteiger partial charge on any atom is 0.282 e. The topological polar surface area (TPSA) is 60.7 Å². The molecule has 0 radical (unpaired) electrons. The third-order valence-electron chi connectivity index (χ3n) is 2.30. The van der Waals surface area contributed by atoms with Crippen LogP contribution in [0.15, 0.2) is 12.1 Å². The van der Waals surface area contributed by atoms with Gasteiger partial charge in [-0.2, -0.15) is 5.26 Å². The van der Waals surface area contributed by atoms with E-state index in [4.69, 9.17) is 24.2 Å². The molecule has 17 heavy (non-hydrogen) atoms. The number of fused-ring (bicyclic) bond motifs is 1. The molecule has 0 saturated carbocycles. The van der Waals surface area contributed by atoms with Crippen LogP contribution in [0.2, 0.25) is 0 Å². The Bertz CT molecular complexity index is 485. The number of methoxy groups -OCH3 is 2. The fourth-order valence-electron chi connectivity index (χ4n) is 1.46. The highest BCUT2D eigenvalue weighted by molar-refractivity contribution is 9.10. The lowest BCUT2D eigenvalue weighted by atomic mass is 10.2. The summed E-state index contributed by atoms with van der Waals surface area (Å²) in [5, 5.41) is 8.95. The normalized spacial score (nSPS) is 21.5. The molecule has 5 nitrogen and oxygen atoms in total. The summed E-state index contributed by atoms with van der Waals surface area (Å²) >= 11 is 3.17. The van der Waals surface area contributed by atoms with Crippen LogP contribution >= 0.6 is 15.9 Å². The molecular formula is C11H10BrNO4. The van der Waals surface area contributed by atoms with Crippen molar-refractivity contribution in [2.24, 2.45) is 0 Å². The molecule has 0 N–H and O–H groups in total. The number of hydrogen-bond donors (Lipinski definition) is 0. The van der Waals surface area contributed by atoms with Gasteiger partial charge in [0.2, 0.25) is 0 Å². The standard InChI is InChI=1S/C11H10BrNO4/c1-14-7-3-9-10(4-8(7)15-2)17-11(12,5-13)6-16-9/h3-4H,6H2,1-2H3. The predicted octanol–water partition coefficient (Wildman–Crippen LogP) is 2.09. The Morgan fingerprint density at radius 3 is 2.41 bits per heavy atom. The van der Waals surface area contributed by atoms with Crippen LogP contribution in [0, 0.1) is 11.3 Å². The first kappa shape index (κ1) is 11.9. The second-order valence-electron chi connectivity index (χ2n) is 3.38. The number of ether oxygens (including phenoxy) is 4. The third kappa shape index (κ3) is 2.11. The highest BCUT2D eigenvalue weighted by Gasteiger charge is 2.36. The Morgan fingerprint density at radius 2 is 1.88 bits per heavy atom. The molecular weight excluding hydrogens is 290 g/mol. The van der Waals surface area contributed by atoms with Crippen LogP contribution < -0.4 is 18.9 Å². The number of halogens is 1. The highest BCUT2D eigenvalue weighted by atomic mass is 79.9. The molecule has 1 aromatic rings. The summed E-state index contributed by atoms with van der Waals surface area (Å²) in [7, 11) is 3.07. The van der Waals surface area contributed by atoms with Gasteiger partial charge in [0.25, 0.3) is 4.51 Å². The van der Waals surface area contributed by atoms with E-state index in [0.29, 0.717) is 23.0 Å². The van der Waals surface area contributed by atoms with Crippen molar-refractivity contribution >= 4 is 15.9 Å². The van der Waals surface area contributed by atoms with E-state index in [9.17, 15) is 0 Å². The van der Waals surface area contributed by atoms with Gasteiger partial charge in [-0.1, -0.05) is 0 Å². The number of benzene rings is 1. The van der Waals surface area contributed by atoms with Gasteiger partial charge in [-0.05, 0) is 15.9 Å². The van der Waals surface area contributed by atoms with Crippen molar-refractivity contribution in [2.75, 3.05) is 20.8 Å². The molecule has 2 rings (SSSR count). The molecule has 90 valence electrons. The van der Waals surface area contributed by atoms with Crippen molar-refractivity contribution in [1.29, 1.82) is 5.26 Å². The third-order valence-corrected chi connectivity index (χ3v) is 2.87. The highest BCUT2D eigenvalue weighted by Crippen LogP contribution is 2.44. The smallest absolute Gasteiger partial charge is 0.282 e. The van der Waals surface area contributed by atoms with E-state index in [1.165, 1.54) is 14.2 Å². The average molecular weight is 300 g/mol. The van der Waals surface area contributed by atoms with E-state index in [-0.39, 0.29) is 6.61 Å². The molecule has 0 aliphatic carbocycles. The van der Waals surface area contributed by atoms with Gasteiger partial charge in [-0.3, -0.25) is 0 Å². The number of rotatable bonds is 2. The Kier molecular flexibility index (Phi) is 3.03. The van der Waals surface area contributed by atoms with Crippen molar-refractivity contribution in [1.82, 2.24) is 0 Å². The minimum absolute atomic E-state index is 0.103. The second-order valence-corrected chi connectivity index (χ2v) is 4.67. The lowest BCUT2D eigenvalue weighted by Gasteiger charge is -2.29. The quantitative estimate of drug-likeness (QED) is 0.783. The van der Waals surface area contributed by atoms with Gasteiger partial charge in [0.1, 0.15) is 6.07 Å². The largest absolute Gasteiger partial charge is 0.493 e. The van der Waals surface area contributed by atoms with Crippen LogP contribution in [0.25, 0.3) is 0 Å². The van der Waals surface area contributed by atoms with Gasteiger partial charge in [-0.15, -0.1) is 0 Å². The zero-order valence-corrected chi connectivity index (χ0v) is 10.9. The molecule has 1 heterocycles. The molecule has 0 fully saturated rings. The molecule has 0 bridgehead atoms. The van der Waals surface area contributed by atoms with Crippen molar-refractivity contribution in [3.63, 3.8) is 0 Å². The van der Waals surface area contributed by atoms with Gasteiger partial charge in [0.05, 0.1) is 14.2 Å². The van der Waals surface area contributed by atoms with E-state index >= 15 is 0 Å². The van der Waals surface area contributed by atoms with Crippen molar-refractivity contribution < 1.29 is 18.9 Å². The van der Waals surface area contributed by atoms with Gasteiger partial charge >= 0.3 is 0 Å². The maximum absolute atomic E-state index is 8.95. The van der Waals surface area contributed by atoms with E-state index in [1.807, 2.05) is 6.07 Å². The Hall–Kier alpha value is -1.61. The zero-order chi connectivity index (χ0) is 12.5. The molecule has 0 aromatic heterocycles. The first-order valence-corrected chi connectivity index (χ1v) is 5.59. The Balaban J connectivity index is 2.43. The Morgan fingerprint density at radius 1 is 1.29 bits per heavy atom. The lowest BCUT2D eigenvalue weighted by molar-refractivity contribution is 0.107. The Labute approximate surface area is 107 Å². The molecule has 0 saturated heterocycles. The molecule has 1 aliphatic heterocycles. The number of nitriles is 1. The van der Waals surface area contributed by atoms with Crippen LogP contribution in [0.3, 0.4) is 0 Å². The van der Waals surface area contributed by atoms with Crippen LogP contribution in [0.5, 0.6) is 23.0 Å². The van der Waals surface area contributed by atoms with Crippen molar-refractivity contribution in [3.8, 4) is 29.1 Å². The average Bonchev–Trinajstić information content (AvgIpc) is 2.37. The zero-order valence-electron chi connectivity index (χ0n) is 9.32. The molecule has 1 aromatic carbocycles. The first-order valence-electron chi connectivity index (χ1n) is 4.80. The predicted molar refractivity (Wildman–Crippen MR) is 62.9 cm³/mol. The van der Waals surface area contributed by atoms with E-state index in [2.05, 4.69) is 15.9 Å². The number of nitrogens with zero attached hydrogens (tertiary/aromatic N) is 1. The molecule has 0 amide bonds. The second kappa shape index (κ2) is 4.34. The minimum Gasteiger partial charge on any atom is -0.493 e. The van der Waals surface area contributed by atoms with E-state index < -0.39 is 4.51 Å². The number of alkyl halides is 1. The molecule has 0 spiro atoms. The van der Waals surface area contributed by atoms with Crippen LogP contribution in [0.1, 0.15) is 0 Å². The molecule has 1 unspecified atom stereocenters. The fraction of sp³-hybridized carbons (Fsp3) is 0.364. The fourth-order valence-corrected chi connectivity index (χ4v) is 1.75. The van der Waals surface area contributed by atoms with Crippen LogP contribution in [-0.2, 0) is 0 Å². The van der Waals surface area contributed by atoms with Gasteiger partial charge in [0.15, 0.2) is 29.6 Å². The van der Waals surface area contributed by atoms with Gasteiger partial charge in [0, 0.05) is 12.1 Å². The maximum atomic E-state index is 8.95. The van der Waals surface area contributed by atoms with E-state index in [1.54, 1.807) is 12.1 Å². The summed E-state index contributed by atoms with van der Waals surface area (Å²) in [6, 6.07) is 5.28.